The molecule has 5 nitrogen and oxygen atoms in total. The van der Waals surface area contributed by atoms with Crippen LogP contribution in [-0.2, 0) is 6.54 Å². The van der Waals surface area contributed by atoms with E-state index >= 15 is 0 Å². The molecule has 0 radical (unpaired) electrons. The summed E-state index contributed by atoms with van der Waals surface area (Å²) >= 11 is 0. The van der Waals surface area contributed by atoms with Gasteiger partial charge in [-0.3, -0.25) is 4.98 Å². The number of aryl methyl sites for hydroxylation is 2. The van der Waals surface area contributed by atoms with Crippen molar-refractivity contribution < 1.29 is 4.52 Å². The van der Waals surface area contributed by atoms with Crippen molar-refractivity contribution in [3.05, 3.63) is 65.3 Å². The maximum Gasteiger partial charge on any atom is 0.141 e. The molecule has 2 heterocycles. The molecule has 3 aromatic rings. The van der Waals surface area contributed by atoms with Crippen molar-refractivity contribution in [2.75, 3.05) is 5.32 Å². The van der Waals surface area contributed by atoms with Gasteiger partial charge in [0.05, 0.1) is 11.4 Å². The summed E-state index contributed by atoms with van der Waals surface area (Å²) < 4.78 is 5.23. The lowest BCUT2D eigenvalue weighted by Crippen LogP contribution is -2.04. The molecule has 0 saturated heterocycles. The van der Waals surface area contributed by atoms with E-state index in [2.05, 4.69) is 27.6 Å². The first kappa shape index (κ1) is 15.0. The Hall–Kier alpha value is -2.95. The highest BCUT2D eigenvalue weighted by Crippen LogP contribution is 2.29. The molecule has 5 heteroatoms. The summed E-state index contributed by atoms with van der Waals surface area (Å²) in [5.74, 6) is 0.765. The van der Waals surface area contributed by atoms with E-state index in [1.54, 1.807) is 6.20 Å². The van der Waals surface area contributed by atoms with Crippen LogP contribution in [0.5, 0.6) is 0 Å². The van der Waals surface area contributed by atoms with Crippen molar-refractivity contribution in [1.29, 1.82) is 5.41 Å². The summed E-state index contributed by atoms with van der Waals surface area (Å²) in [7, 11) is 0. The van der Waals surface area contributed by atoms with Gasteiger partial charge in [-0.1, -0.05) is 35.5 Å². The Morgan fingerprint density at radius 1 is 1.22 bits per heavy atom. The molecule has 2 aromatic heterocycles. The molecule has 0 amide bonds. The summed E-state index contributed by atoms with van der Waals surface area (Å²) in [5.41, 5.74) is 5.32. The van der Waals surface area contributed by atoms with E-state index in [0.29, 0.717) is 12.2 Å². The van der Waals surface area contributed by atoms with Gasteiger partial charge in [0.2, 0.25) is 0 Å². The predicted octanol–water partition coefficient (Wildman–Crippen LogP) is 3.96. The van der Waals surface area contributed by atoms with Crippen LogP contribution in [-0.4, -0.2) is 16.4 Å². The first-order valence-corrected chi connectivity index (χ1v) is 7.40. The minimum atomic E-state index is 0.608. The summed E-state index contributed by atoms with van der Waals surface area (Å²) in [5, 5.41) is 14.9. The van der Waals surface area contributed by atoms with Gasteiger partial charge in [0.15, 0.2) is 0 Å². The van der Waals surface area contributed by atoms with Crippen molar-refractivity contribution in [2.45, 2.75) is 20.4 Å². The topological polar surface area (TPSA) is 74.8 Å². The summed E-state index contributed by atoms with van der Waals surface area (Å²) in [6.45, 7) is 4.47. The Morgan fingerprint density at radius 2 is 2.00 bits per heavy atom. The number of hydrogen-bond donors (Lipinski definition) is 2. The molecule has 0 saturated carbocycles. The zero-order chi connectivity index (χ0) is 16.2. The Kier molecular flexibility index (Phi) is 4.19. The lowest BCUT2D eigenvalue weighted by molar-refractivity contribution is 0.393. The van der Waals surface area contributed by atoms with Crippen LogP contribution in [0.15, 0.2) is 47.1 Å². The van der Waals surface area contributed by atoms with E-state index in [4.69, 9.17) is 9.93 Å². The zero-order valence-electron chi connectivity index (χ0n) is 13.1. The van der Waals surface area contributed by atoms with Gasteiger partial charge in [0, 0.05) is 30.1 Å². The molecule has 0 fully saturated rings. The van der Waals surface area contributed by atoms with Gasteiger partial charge in [-0.2, -0.15) is 0 Å². The number of aromatic nitrogens is 2. The Labute approximate surface area is 134 Å². The summed E-state index contributed by atoms with van der Waals surface area (Å²) in [4.78, 5) is 4.37. The third-order valence-corrected chi connectivity index (χ3v) is 3.70. The molecule has 0 aliphatic rings. The zero-order valence-corrected chi connectivity index (χ0v) is 13.1. The van der Waals surface area contributed by atoms with Crippen molar-refractivity contribution >= 4 is 11.9 Å². The van der Waals surface area contributed by atoms with E-state index in [0.717, 1.165) is 28.3 Å². The summed E-state index contributed by atoms with van der Waals surface area (Å²) in [6.07, 6.45) is 3.01. The third-order valence-electron chi connectivity index (χ3n) is 3.70. The predicted molar refractivity (Wildman–Crippen MR) is 90.9 cm³/mol. The van der Waals surface area contributed by atoms with E-state index in [1.807, 2.05) is 38.1 Å². The Bertz CT molecular complexity index is 805. The van der Waals surface area contributed by atoms with E-state index in [9.17, 15) is 0 Å². The molecular weight excluding hydrogens is 288 g/mol. The molecule has 0 aliphatic carbocycles. The van der Waals surface area contributed by atoms with Gasteiger partial charge in [-0.25, -0.2) is 0 Å². The second kappa shape index (κ2) is 6.44. The fraction of sp³-hybridized carbons (Fsp3) is 0.167. The maximum absolute atomic E-state index is 7.54. The van der Waals surface area contributed by atoms with Crippen LogP contribution in [0.2, 0.25) is 0 Å². The van der Waals surface area contributed by atoms with Gasteiger partial charge in [-0.05, 0) is 25.5 Å². The number of pyridine rings is 1. The largest absolute Gasteiger partial charge is 0.379 e. The molecule has 2 N–H and O–H groups in total. The number of anilines is 1. The van der Waals surface area contributed by atoms with Crippen molar-refractivity contribution in [1.82, 2.24) is 10.1 Å². The van der Waals surface area contributed by atoms with Crippen LogP contribution in [0.4, 0.5) is 5.69 Å². The number of benzene rings is 1. The van der Waals surface area contributed by atoms with Crippen molar-refractivity contribution in [3.63, 3.8) is 0 Å². The lowest BCUT2D eigenvalue weighted by atomic mass is 10.1. The molecule has 0 unspecified atom stereocenters. The third kappa shape index (κ3) is 3.13. The summed E-state index contributed by atoms with van der Waals surface area (Å²) in [6, 6.07) is 12.1. The number of hydrogen-bond acceptors (Lipinski definition) is 5. The maximum atomic E-state index is 7.54. The van der Waals surface area contributed by atoms with Gasteiger partial charge in [-0.15, -0.1) is 0 Å². The molecule has 1 aromatic carbocycles. The van der Waals surface area contributed by atoms with E-state index in [1.165, 1.54) is 11.8 Å². The fourth-order valence-electron chi connectivity index (χ4n) is 2.56. The average Bonchev–Trinajstić information content (AvgIpc) is 2.92. The molecular formula is C18H18N4O. The minimum absolute atomic E-state index is 0.608. The molecule has 0 spiro atoms. The highest BCUT2D eigenvalue weighted by molar-refractivity contribution is 5.85. The van der Waals surface area contributed by atoms with Crippen LogP contribution in [0.3, 0.4) is 0 Å². The van der Waals surface area contributed by atoms with E-state index in [-0.39, 0.29) is 0 Å². The van der Waals surface area contributed by atoms with Crippen LogP contribution >= 0.6 is 0 Å². The van der Waals surface area contributed by atoms with Crippen molar-refractivity contribution in [3.8, 4) is 11.1 Å². The normalized spacial score (nSPS) is 10.5. The van der Waals surface area contributed by atoms with Gasteiger partial charge >= 0.3 is 0 Å². The molecule has 0 bridgehead atoms. The molecule has 0 aliphatic heterocycles. The van der Waals surface area contributed by atoms with Gasteiger partial charge in [0.1, 0.15) is 11.5 Å². The second-order valence-corrected chi connectivity index (χ2v) is 5.34. The first-order chi connectivity index (χ1) is 11.2. The standard InChI is InChI=1S/C18H18N4O/c1-12-18(13(2)23-22-12)15-8-16(17(9-19)21-11-15)20-10-14-6-4-3-5-7-14/h3-9,11,19-20H,10H2,1-2H3. The molecule has 0 atom stereocenters. The molecule has 3 rings (SSSR count). The number of rotatable bonds is 5. The first-order valence-electron chi connectivity index (χ1n) is 7.40. The van der Waals surface area contributed by atoms with Gasteiger partial charge < -0.3 is 15.2 Å². The monoisotopic (exact) mass is 306 g/mol. The number of nitrogens with zero attached hydrogens (tertiary/aromatic N) is 2. The van der Waals surface area contributed by atoms with Crippen LogP contribution in [0.25, 0.3) is 11.1 Å². The van der Waals surface area contributed by atoms with Crippen LogP contribution in [0.1, 0.15) is 22.7 Å². The lowest BCUT2D eigenvalue weighted by Gasteiger charge is -2.11. The quantitative estimate of drug-likeness (QED) is 0.700. The van der Waals surface area contributed by atoms with E-state index < -0.39 is 0 Å². The minimum Gasteiger partial charge on any atom is -0.379 e. The van der Waals surface area contributed by atoms with Crippen molar-refractivity contribution in [2.24, 2.45) is 0 Å². The Morgan fingerprint density at radius 3 is 2.65 bits per heavy atom. The molecule has 116 valence electrons. The highest BCUT2D eigenvalue weighted by atomic mass is 16.5. The van der Waals surface area contributed by atoms with Gasteiger partial charge in [0.25, 0.3) is 0 Å². The second-order valence-electron chi connectivity index (χ2n) is 5.34. The SMILES string of the molecule is Cc1noc(C)c1-c1cnc(C=N)c(NCc2ccccc2)c1. The highest BCUT2D eigenvalue weighted by Gasteiger charge is 2.13. The van der Waals surface area contributed by atoms with Crippen LogP contribution in [0, 0.1) is 19.3 Å². The fourth-order valence-corrected chi connectivity index (χ4v) is 2.56. The smallest absolute Gasteiger partial charge is 0.141 e. The number of nitrogens with one attached hydrogen (secondary N) is 2. The van der Waals surface area contributed by atoms with Crippen LogP contribution < -0.4 is 5.32 Å². The Balaban J connectivity index is 1.92. The molecule has 23 heavy (non-hydrogen) atoms. The average molecular weight is 306 g/mol.